The molecule has 2 saturated heterocycles. The van der Waals surface area contributed by atoms with E-state index in [-0.39, 0.29) is 11.8 Å². The number of nitrogens with zero attached hydrogens (tertiary/aromatic N) is 4. The van der Waals surface area contributed by atoms with Crippen LogP contribution in [0.4, 0.5) is 5.82 Å². The van der Waals surface area contributed by atoms with Crippen LogP contribution in [0.15, 0.2) is 17.4 Å². The Morgan fingerprint density at radius 2 is 2.15 bits per heavy atom. The maximum Gasteiger partial charge on any atom is 0.229 e. The number of hydrogen-bond acceptors (Lipinski definition) is 6. The third-order valence-corrected chi connectivity index (χ3v) is 4.24. The first-order valence-corrected chi connectivity index (χ1v) is 7.99. The van der Waals surface area contributed by atoms with Crippen LogP contribution in [0.5, 0.6) is 0 Å². The summed E-state index contributed by atoms with van der Waals surface area (Å²) in [6.45, 7) is 4.26. The van der Waals surface area contributed by atoms with Crippen molar-refractivity contribution in [2.75, 3.05) is 50.5 Å². The van der Waals surface area contributed by atoms with Gasteiger partial charge in [-0.25, -0.2) is 9.97 Å². The average molecular weight is 294 g/mol. The van der Waals surface area contributed by atoms with E-state index in [0.717, 1.165) is 37.2 Å². The number of carbonyl (C=O) groups is 1. The van der Waals surface area contributed by atoms with Gasteiger partial charge in [-0.2, -0.15) is 0 Å². The highest BCUT2D eigenvalue weighted by atomic mass is 32.2. The van der Waals surface area contributed by atoms with Gasteiger partial charge in [0.1, 0.15) is 5.82 Å². The zero-order valence-corrected chi connectivity index (χ0v) is 12.3. The molecule has 0 radical (unpaired) electrons. The largest absolute Gasteiger partial charge is 0.378 e. The second-order valence-corrected chi connectivity index (χ2v) is 5.71. The predicted molar refractivity (Wildman–Crippen MR) is 76.9 cm³/mol. The summed E-state index contributed by atoms with van der Waals surface area (Å²) >= 11 is 1.53. The number of hydrogen-bond donors (Lipinski definition) is 0. The van der Waals surface area contributed by atoms with Gasteiger partial charge in [-0.3, -0.25) is 4.79 Å². The summed E-state index contributed by atoms with van der Waals surface area (Å²) in [6, 6.07) is 1.90. The van der Waals surface area contributed by atoms with Crippen molar-refractivity contribution < 1.29 is 9.53 Å². The monoisotopic (exact) mass is 294 g/mol. The third-order valence-electron chi connectivity index (χ3n) is 3.68. The molecule has 1 amide bonds. The molecule has 6 nitrogen and oxygen atoms in total. The topological polar surface area (TPSA) is 58.6 Å². The minimum atomic E-state index is 0.0980. The summed E-state index contributed by atoms with van der Waals surface area (Å²) in [5.74, 6) is 1.26. The minimum absolute atomic E-state index is 0.0980. The number of ether oxygens (including phenoxy) is 1. The summed E-state index contributed by atoms with van der Waals surface area (Å²) in [6.07, 6.45) is 3.73. The van der Waals surface area contributed by atoms with Gasteiger partial charge in [-0.05, 0) is 12.3 Å². The molecule has 3 rings (SSSR count). The van der Waals surface area contributed by atoms with E-state index in [0.29, 0.717) is 13.2 Å². The Morgan fingerprint density at radius 3 is 2.85 bits per heavy atom. The zero-order valence-electron chi connectivity index (χ0n) is 11.5. The van der Waals surface area contributed by atoms with E-state index >= 15 is 0 Å². The van der Waals surface area contributed by atoms with Crippen molar-refractivity contribution in [3.8, 4) is 0 Å². The maximum absolute atomic E-state index is 12.3. The average Bonchev–Trinajstić information content (AvgIpc) is 2.47. The normalized spacial score (nSPS) is 19.9. The fourth-order valence-corrected chi connectivity index (χ4v) is 2.82. The first-order chi connectivity index (χ1) is 9.78. The smallest absolute Gasteiger partial charge is 0.229 e. The highest BCUT2D eigenvalue weighted by molar-refractivity contribution is 7.98. The molecule has 0 saturated carbocycles. The lowest BCUT2D eigenvalue weighted by atomic mass is 9.98. The second kappa shape index (κ2) is 5.97. The Bertz CT molecular complexity index is 487. The fourth-order valence-electron chi connectivity index (χ4n) is 2.47. The first kappa shape index (κ1) is 13.6. The van der Waals surface area contributed by atoms with Crippen molar-refractivity contribution in [2.45, 2.75) is 5.16 Å². The van der Waals surface area contributed by atoms with Gasteiger partial charge in [0.05, 0.1) is 19.1 Å². The van der Waals surface area contributed by atoms with Crippen molar-refractivity contribution in [3.63, 3.8) is 0 Å². The summed E-state index contributed by atoms with van der Waals surface area (Å²) < 4.78 is 5.27. The van der Waals surface area contributed by atoms with Gasteiger partial charge in [0, 0.05) is 32.4 Å². The van der Waals surface area contributed by atoms with Crippen molar-refractivity contribution in [3.05, 3.63) is 12.3 Å². The van der Waals surface area contributed by atoms with Crippen molar-refractivity contribution in [2.24, 2.45) is 5.92 Å². The number of rotatable bonds is 3. The minimum Gasteiger partial charge on any atom is -0.378 e. The van der Waals surface area contributed by atoms with Crippen molar-refractivity contribution in [1.82, 2.24) is 14.9 Å². The molecule has 108 valence electrons. The van der Waals surface area contributed by atoms with E-state index in [4.69, 9.17) is 4.74 Å². The summed E-state index contributed by atoms with van der Waals surface area (Å²) in [4.78, 5) is 24.9. The lowest BCUT2D eigenvalue weighted by Crippen LogP contribution is -2.56. The van der Waals surface area contributed by atoms with Crippen LogP contribution in [0.1, 0.15) is 0 Å². The van der Waals surface area contributed by atoms with Gasteiger partial charge in [-0.15, -0.1) is 0 Å². The van der Waals surface area contributed by atoms with Crippen LogP contribution >= 0.6 is 11.8 Å². The standard InChI is InChI=1S/C13H18N4O2S/c1-20-13-14-3-2-11(15-13)17-8-10(9-17)12(18)16-4-6-19-7-5-16/h2-3,10H,4-9H2,1H3. The molecule has 20 heavy (non-hydrogen) atoms. The number of thioether (sulfide) groups is 1. The molecule has 0 aliphatic carbocycles. The lowest BCUT2D eigenvalue weighted by molar-refractivity contribution is -0.140. The van der Waals surface area contributed by atoms with E-state index in [1.54, 1.807) is 6.20 Å². The Labute approximate surface area is 122 Å². The van der Waals surface area contributed by atoms with E-state index in [1.165, 1.54) is 11.8 Å². The predicted octanol–water partition coefficient (Wildman–Crippen LogP) is 0.494. The summed E-state index contributed by atoms with van der Waals surface area (Å²) in [5.41, 5.74) is 0. The molecule has 0 unspecified atom stereocenters. The summed E-state index contributed by atoms with van der Waals surface area (Å²) in [5, 5.41) is 0.769. The highest BCUT2D eigenvalue weighted by Crippen LogP contribution is 2.25. The number of morpholine rings is 1. The van der Waals surface area contributed by atoms with Crippen molar-refractivity contribution in [1.29, 1.82) is 0 Å². The van der Waals surface area contributed by atoms with Gasteiger partial charge in [0.2, 0.25) is 5.91 Å². The van der Waals surface area contributed by atoms with E-state index in [1.807, 2.05) is 17.2 Å². The molecule has 0 aromatic carbocycles. The van der Waals surface area contributed by atoms with E-state index in [2.05, 4.69) is 14.9 Å². The Kier molecular flexibility index (Phi) is 4.07. The number of anilines is 1. The number of amides is 1. The second-order valence-electron chi connectivity index (χ2n) is 4.94. The molecular weight excluding hydrogens is 276 g/mol. The van der Waals surface area contributed by atoms with Crippen molar-refractivity contribution >= 4 is 23.5 Å². The molecule has 7 heteroatoms. The lowest BCUT2D eigenvalue weighted by Gasteiger charge is -2.42. The van der Waals surface area contributed by atoms with E-state index in [9.17, 15) is 4.79 Å². The number of carbonyl (C=O) groups excluding carboxylic acids is 1. The molecule has 2 aliphatic heterocycles. The Morgan fingerprint density at radius 1 is 1.40 bits per heavy atom. The van der Waals surface area contributed by atoms with Gasteiger partial charge in [-0.1, -0.05) is 11.8 Å². The molecule has 0 spiro atoms. The van der Waals surface area contributed by atoms with Crippen LogP contribution in [-0.4, -0.2) is 66.4 Å². The zero-order chi connectivity index (χ0) is 13.9. The van der Waals surface area contributed by atoms with Gasteiger partial charge >= 0.3 is 0 Å². The van der Waals surface area contributed by atoms with Crippen LogP contribution in [0.3, 0.4) is 0 Å². The van der Waals surface area contributed by atoms with E-state index < -0.39 is 0 Å². The van der Waals surface area contributed by atoms with Crippen LogP contribution in [-0.2, 0) is 9.53 Å². The molecule has 1 aromatic heterocycles. The van der Waals surface area contributed by atoms with Crippen LogP contribution in [0.2, 0.25) is 0 Å². The Hall–Kier alpha value is -1.34. The molecule has 2 fully saturated rings. The molecular formula is C13H18N4O2S. The molecule has 1 aromatic rings. The van der Waals surface area contributed by atoms with Gasteiger partial charge < -0.3 is 14.5 Å². The van der Waals surface area contributed by atoms with Crippen LogP contribution in [0, 0.1) is 5.92 Å². The quantitative estimate of drug-likeness (QED) is 0.597. The van der Waals surface area contributed by atoms with Crippen LogP contribution in [0.25, 0.3) is 0 Å². The molecule has 0 bridgehead atoms. The molecule has 2 aliphatic rings. The van der Waals surface area contributed by atoms with Gasteiger partial charge in [0.15, 0.2) is 5.16 Å². The third kappa shape index (κ3) is 2.73. The molecule has 0 N–H and O–H groups in total. The molecule has 3 heterocycles. The fraction of sp³-hybridized carbons (Fsp3) is 0.615. The van der Waals surface area contributed by atoms with Gasteiger partial charge in [0.25, 0.3) is 0 Å². The Balaban J connectivity index is 1.56. The maximum atomic E-state index is 12.3. The first-order valence-electron chi connectivity index (χ1n) is 6.76. The SMILES string of the molecule is CSc1nccc(N2CC(C(=O)N3CCOCC3)C2)n1. The molecule has 0 atom stereocenters. The summed E-state index contributed by atoms with van der Waals surface area (Å²) in [7, 11) is 0. The van der Waals surface area contributed by atoms with Crippen LogP contribution < -0.4 is 4.90 Å². The number of aromatic nitrogens is 2. The highest BCUT2D eigenvalue weighted by Gasteiger charge is 2.36.